The number of hydrogen-bond acceptors (Lipinski definition) is 0. The van der Waals surface area contributed by atoms with Gasteiger partial charge in [0.15, 0.2) is 0 Å². The van der Waals surface area contributed by atoms with Gasteiger partial charge < -0.3 is 17.2 Å². The van der Waals surface area contributed by atoms with Crippen molar-refractivity contribution in [1.29, 1.82) is 0 Å². The van der Waals surface area contributed by atoms with E-state index in [1.165, 1.54) is 12.1 Å². The predicted molar refractivity (Wildman–Crippen MR) is 75.3 cm³/mol. The van der Waals surface area contributed by atoms with Crippen LogP contribution in [0.15, 0.2) is 24.3 Å². The SMILES string of the molecule is CC[NH-].CC[NH-].CC[NH-].F[Si](F)(F)[c-]1cccc1.[Zr+4]. The van der Waals surface area contributed by atoms with Crippen molar-refractivity contribution in [2.24, 2.45) is 0 Å². The van der Waals surface area contributed by atoms with Crippen molar-refractivity contribution in [1.82, 2.24) is 0 Å². The molecule has 110 valence electrons. The monoisotopic (exact) mass is 371 g/mol. The zero-order valence-corrected chi connectivity index (χ0v) is 15.0. The van der Waals surface area contributed by atoms with E-state index in [1.54, 1.807) is 20.8 Å². The minimum Gasteiger partial charge on any atom is -0.678 e. The van der Waals surface area contributed by atoms with E-state index < -0.39 is 14.3 Å². The van der Waals surface area contributed by atoms with E-state index in [2.05, 4.69) is 0 Å². The van der Waals surface area contributed by atoms with E-state index in [9.17, 15) is 12.3 Å². The van der Waals surface area contributed by atoms with Crippen molar-refractivity contribution in [2.75, 3.05) is 19.6 Å². The molecule has 0 heterocycles. The Hall–Kier alpha value is 0.120. The van der Waals surface area contributed by atoms with Crippen molar-refractivity contribution < 1.29 is 38.5 Å². The average molecular weight is 373 g/mol. The van der Waals surface area contributed by atoms with E-state index >= 15 is 0 Å². The second-order valence-corrected chi connectivity index (χ2v) is 4.30. The largest absolute Gasteiger partial charge is 4.00 e. The van der Waals surface area contributed by atoms with Gasteiger partial charge in [-0.25, -0.2) is 24.5 Å². The fraction of sp³-hybridized carbons (Fsp3) is 0.545. The summed E-state index contributed by atoms with van der Waals surface area (Å²) in [6.45, 7) is 6.88. The molecule has 0 aliphatic rings. The minimum atomic E-state index is -5.48. The first-order valence-electron chi connectivity index (χ1n) is 5.58. The molecule has 0 unspecified atom stereocenters. The molecular formula is C11H22F3N3SiZr. The van der Waals surface area contributed by atoms with Gasteiger partial charge in [-0.3, -0.25) is 0 Å². The molecule has 3 nitrogen and oxygen atoms in total. The summed E-state index contributed by atoms with van der Waals surface area (Å²) in [6.07, 6.45) is 0. The quantitative estimate of drug-likeness (QED) is 0.392. The molecule has 0 spiro atoms. The minimum absolute atomic E-state index is 0. The molecule has 19 heavy (non-hydrogen) atoms. The average Bonchev–Trinajstić information content (AvgIpc) is 2.72. The van der Waals surface area contributed by atoms with Crippen molar-refractivity contribution in [3.8, 4) is 0 Å². The zero-order chi connectivity index (χ0) is 15.0. The van der Waals surface area contributed by atoms with Gasteiger partial charge in [0.05, 0.1) is 0 Å². The van der Waals surface area contributed by atoms with Gasteiger partial charge in [0.1, 0.15) is 0 Å². The number of halogens is 3. The van der Waals surface area contributed by atoms with Crippen LogP contribution >= 0.6 is 0 Å². The smallest absolute Gasteiger partial charge is 0.678 e. The molecule has 1 rings (SSSR count). The van der Waals surface area contributed by atoms with Gasteiger partial charge in [-0.1, -0.05) is 26.0 Å². The van der Waals surface area contributed by atoms with Crippen LogP contribution in [0.1, 0.15) is 20.8 Å². The normalized spacial score (nSPS) is 8.47. The topological polar surface area (TPSA) is 71.4 Å². The Labute approximate surface area is 134 Å². The Morgan fingerprint density at radius 3 is 1.16 bits per heavy atom. The van der Waals surface area contributed by atoms with Crippen LogP contribution in [0.2, 0.25) is 0 Å². The van der Waals surface area contributed by atoms with Gasteiger partial charge in [0, 0.05) is 0 Å². The summed E-state index contributed by atoms with van der Waals surface area (Å²) >= 11 is 0. The Kier molecular flexibility index (Phi) is 29.5. The van der Waals surface area contributed by atoms with Crippen LogP contribution < -0.4 is 5.19 Å². The summed E-state index contributed by atoms with van der Waals surface area (Å²) in [7, 11) is -5.48. The summed E-state index contributed by atoms with van der Waals surface area (Å²) in [5.41, 5.74) is 18.6. The number of rotatable bonds is 1. The summed E-state index contributed by atoms with van der Waals surface area (Å²) in [6, 6.07) is 5.00. The predicted octanol–water partition coefficient (Wildman–Crippen LogP) is 4.63. The van der Waals surface area contributed by atoms with Crippen molar-refractivity contribution in [2.45, 2.75) is 20.8 Å². The van der Waals surface area contributed by atoms with Gasteiger partial charge in [0.25, 0.3) is 0 Å². The Morgan fingerprint density at radius 1 is 0.842 bits per heavy atom. The molecule has 0 fully saturated rings. The van der Waals surface area contributed by atoms with Crippen LogP contribution in [0.4, 0.5) is 12.3 Å². The third-order valence-corrected chi connectivity index (χ3v) is 1.98. The van der Waals surface area contributed by atoms with Crippen LogP contribution in [-0.2, 0) is 26.2 Å². The molecule has 8 heteroatoms. The molecule has 0 atom stereocenters. The molecule has 0 aliphatic carbocycles. The van der Waals surface area contributed by atoms with E-state index in [-0.39, 0.29) is 26.2 Å². The van der Waals surface area contributed by atoms with Crippen molar-refractivity contribution >= 4 is 14.3 Å². The van der Waals surface area contributed by atoms with Gasteiger partial charge in [-0.15, -0.1) is 0 Å². The third-order valence-electron chi connectivity index (χ3n) is 0.990. The second-order valence-electron chi connectivity index (χ2n) is 2.73. The Balaban J connectivity index is -0.0000000956. The molecule has 0 aliphatic heterocycles. The molecule has 0 radical (unpaired) electrons. The van der Waals surface area contributed by atoms with Crippen LogP contribution in [0.3, 0.4) is 0 Å². The fourth-order valence-corrected chi connectivity index (χ4v) is 1.13. The van der Waals surface area contributed by atoms with Crippen LogP contribution in [0.25, 0.3) is 17.2 Å². The maximum Gasteiger partial charge on any atom is 4.00 e. The molecule has 0 amide bonds. The van der Waals surface area contributed by atoms with Gasteiger partial charge in [-0.2, -0.15) is 31.8 Å². The zero-order valence-electron chi connectivity index (χ0n) is 11.6. The van der Waals surface area contributed by atoms with Gasteiger partial charge >= 0.3 is 35.3 Å². The third kappa shape index (κ3) is 27.4. The fourth-order valence-electron chi connectivity index (χ4n) is 0.563. The summed E-state index contributed by atoms with van der Waals surface area (Å²) in [4.78, 5) is 0. The molecule has 1 aromatic carbocycles. The molecule has 0 saturated heterocycles. The van der Waals surface area contributed by atoms with E-state index in [0.717, 1.165) is 12.1 Å². The first-order valence-corrected chi connectivity index (χ1v) is 7.21. The Bertz CT molecular complexity index is 227. The van der Waals surface area contributed by atoms with Crippen molar-refractivity contribution in [3.05, 3.63) is 41.5 Å². The first kappa shape index (κ1) is 27.5. The summed E-state index contributed by atoms with van der Waals surface area (Å²) in [5.74, 6) is 0. The van der Waals surface area contributed by atoms with Crippen LogP contribution in [0.5, 0.6) is 0 Å². The summed E-state index contributed by atoms with van der Waals surface area (Å²) < 4.78 is 35.3. The van der Waals surface area contributed by atoms with E-state index in [0.29, 0.717) is 19.6 Å². The molecular weight excluding hydrogens is 350 g/mol. The Morgan fingerprint density at radius 2 is 1.05 bits per heavy atom. The van der Waals surface area contributed by atoms with E-state index in [4.69, 9.17) is 17.2 Å². The van der Waals surface area contributed by atoms with Crippen LogP contribution in [-0.4, -0.2) is 28.7 Å². The molecule has 0 saturated carbocycles. The molecule has 0 bridgehead atoms. The van der Waals surface area contributed by atoms with Crippen molar-refractivity contribution in [3.63, 3.8) is 0 Å². The van der Waals surface area contributed by atoms with Gasteiger partial charge in [-0.05, 0) is 0 Å². The first-order chi connectivity index (χ1) is 8.35. The van der Waals surface area contributed by atoms with Gasteiger partial charge in [0.2, 0.25) is 0 Å². The molecule has 1 aromatic rings. The van der Waals surface area contributed by atoms with E-state index in [1.807, 2.05) is 0 Å². The standard InChI is InChI=1S/C5H4F3Si.3C2H6N.Zr/c6-9(7,8)5-3-1-2-4-5;3*1-2-3;/h1-4H;3*3H,2H2,1H3;/q4*-1;+4. The molecule has 0 aromatic heterocycles. The van der Waals surface area contributed by atoms with Crippen LogP contribution in [0, 0.1) is 0 Å². The second kappa shape index (κ2) is 20.4. The maximum atomic E-state index is 11.8. The maximum absolute atomic E-state index is 11.8. The number of nitrogens with one attached hydrogen (secondary N) is 3. The summed E-state index contributed by atoms with van der Waals surface area (Å²) in [5, 5.41) is -0.442. The molecule has 3 N–H and O–H groups in total. The number of hydrogen-bond donors (Lipinski definition) is 0.